The summed E-state index contributed by atoms with van der Waals surface area (Å²) in [6.07, 6.45) is -0.108. The van der Waals surface area contributed by atoms with E-state index in [1.54, 1.807) is 0 Å². The minimum Gasteiger partial charge on any atom is -0.273 e. The Morgan fingerprint density at radius 2 is 1.14 bits per heavy atom. The molecule has 2 aromatic carbocycles. The van der Waals surface area contributed by atoms with Gasteiger partial charge in [0.1, 0.15) is 0 Å². The third kappa shape index (κ3) is 6.53. The van der Waals surface area contributed by atoms with Crippen molar-refractivity contribution in [1.82, 2.24) is 0 Å². The van der Waals surface area contributed by atoms with E-state index in [1.807, 2.05) is 45.9 Å². The maximum absolute atomic E-state index is 13.9. The van der Waals surface area contributed by atoms with Crippen molar-refractivity contribution in [2.24, 2.45) is 0 Å². The molecule has 0 saturated heterocycles. The smallest absolute Gasteiger partial charge is 0.273 e. The molecule has 0 bridgehead atoms. The largest absolute Gasteiger partial charge is 0.366 e. The Kier molecular flexibility index (Phi) is 9.34. The highest BCUT2D eigenvalue weighted by Crippen LogP contribution is 2.38. The zero-order valence-corrected chi connectivity index (χ0v) is 23.8. The summed E-state index contributed by atoms with van der Waals surface area (Å²) in [7, 11) is -4.85. The average Bonchev–Trinajstić information content (AvgIpc) is 2.71. The van der Waals surface area contributed by atoms with Gasteiger partial charge in [-0.3, -0.25) is 9.35 Å². The molecule has 35 heavy (non-hydrogen) atoms. The van der Waals surface area contributed by atoms with Crippen molar-refractivity contribution in [3.8, 4) is 0 Å². The molecule has 0 saturated carbocycles. The Morgan fingerprint density at radius 1 is 0.743 bits per heavy atom. The van der Waals surface area contributed by atoms with Crippen molar-refractivity contribution in [3.63, 3.8) is 0 Å². The number of nitrogens with zero attached hydrogens (tertiary/aromatic N) is 1. The number of rotatable bonds is 9. The molecule has 6 heteroatoms. The van der Waals surface area contributed by atoms with E-state index in [0.717, 1.165) is 16.7 Å². The van der Waals surface area contributed by atoms with Gasteiger partial charge >= 0.3 is 10.3 Å². The highest BCUT2D eigenvalue weighted by atomic mass is 32.2. The number of hydrogen-bond acceptors (Lipinski definition) is 3. The van der Waals surface area contributed by atoms with Crippen LogP contribution in [0.15, 0.2) is 30.3 Å². The monoisotopic (exact) mass is 501 g/mol. The molecule has 2 aromatic rings. The second kappa shape index (κ2) is 11.3. The third-order valence-corrected chi connectivity index (χ3v) is 7.43. The van der Waals surface area contributed by atoms with Crippen molar-refractivity contribution >= 4 is 21.9 Å². The molecular weight excluding hydrogens is 458 g/mol. The number of amides is 1. The first-order chi connectivity index (χ1) is 16.1. The minimum absolute atomic E-state index is 0.0384. The van der Waals surface area contributed by atoms with Gasteiger partial charge in [-0.15, -0.1) is 0 Å². The molecule has 1 N–H and O–H groups in total. The van der Waals surface area contributed by atoms with E-state index in [0.29, 0.717) is 21.4 Å². The highest BCUT2D eigenvalue weighted by Gasteiger charge is 2.34. The molecule has 0 spiro atoms. The van der Waals surface area contributed by atoms with Gasteiger partial charge < -0.3 is 0 Å². The molecule has 2 rings (SSSR count). The van der Waals surface area contributed by atoms with Gasteiger partial charge in [-0.05, 0) is 63.0 Å². The van der Waals surface area contributed by atoms with E-state index in [4.69, 9.17) is 0 Å². The maximum Gasteiger partial charge on any atom is 0.366 e. The number of carbonyl (C=O) groups excluding carboxylic acids is 1. The lowest BCUT2D eigenvalue weighted by Gasteiger charge is -2.29. The SMILES string of the molecule is CC(C)c1cc(C(C)C)c(CC(=O)N(c2c(C(C)C)cccc2C(C)C)S(=O)(=O)O)c(C(C)C)c1. The summed E-state index contributed by atoms with van der Waals surface area (Å²) in [5, 5.41) is 0. The van der Waals surface area contributed by atoms with Gasteiger partial charge in [0, 0.05) is 0 Å². The van der Waals surface area contributed by atoms with Gasteiger partial charge in [0.2, 0.25) is 5.91 Å². The predicted octanol–water partition coefficient (Wildman–Crippen LogP) is 7.68. The van der Waals surface area contributed by atoms with Crippen LogP contribution in [0, 0.1) is 0 Å². The summed E-state index contributed by atoms with van der Waals surface area (Å²) in [4.78, 5) is 13.9. The van der Waals surface area contributed by atoms with Crippen molar-refractivity contribution in [3.05, 3.63) is 63.7 Å². The molecule has 0 aliphatic heterocycles. The first-order valence-electron chi connectivity index (χ1n) is 12.7. The molecule has 0 heterocycles. The van der Waals surface area contributed by atoms with E-state index in [1.165, 1.54) is 5.56 Å². The number of carbonyl (C=O) groups is 1. The molecule has 0 atom stereocenters. The molecule has 1 amide bonds. The van der Waals surface area contributed by atoms with Gasteiger partial charge in [0.25, 0.3) is 0 Å². The molecule has 0 aromatic heterocycles. The average molecular weight is 502 g/mol. The lowest BCUT2D eigenvalue weighted by molar-refractivity contribution is -0.116. The van der Waals surface area contributed by atoms with E-state index in [9.17, 15) is 17.8 Å². The summed E-state index contributed by atoms with van der Waals surface area (Å²) in [5.74, 6) is -0.0871. The van der Waals surface area contributed by atoms with Crippen LogP contribution in [0.4, 0.5) is 5.69 Å². The van der Waals surface area contributed by atoms with Crippen LogP contribution in [0.25, 0.3) is 0 Å². The van der Waals surface area contributed by atoms with E-state index in [2.05, 4.69) is 53.7 Å². The van der Waals surface area contributed by atoms with Gasteiger partial charge in [-0.2, -0.15) is 12.7 Å². The van der Waals surface area contributed by atoms with Crippen molar-refractivity contribution in [2.45, 2.75) is 105 Å². The minimum atomic E-state index is -4.85. The fourth-order valence-electron chi connectivity index (χ4n) is 4.65. The topological polar surface area (TPSA) is 74.7 Å². The quantitative estimate of drug-likeness (QED) is 0.358. The van der Waals surface area contributed by atoms with Gasteiger partial charge in [0.05, 0.1) is 12.1 Å². The van der Waals surface area contributed by atoms with Crippen LogP contribution in [-0.4, -0.2) is 18.9 Å². The zero-order chi connectivity index (χ0) is 26.8. The molecule has 0 unspecified atom stereocenters. The summed E-state index contributed by atoms with van der Waals surface area (Å²) < 4.78 is 36.5. The first-order valence-corrected chi connectivity index (χ1v) is 14.1. The van der Waals surface area contributed by atoms with Crippen molar-refractivity contribution < 1.29 is 17.8 Å². The van der Waals surface area contributed by atoms with Crippen LogP contribution in [0.3, 0.4) is 0 Å². The lowest BCUT2D eigenvalue weighted by atomic mass is 9.83. The second-order valence-corrected chi connectivity index (χ2v) is 12.3. The van der Waals surface area contributed by atoms with Crippen LogP contribution >= 0.6 is 0 Å². The fraction of sp³-hybridized carbons (Fsp3) is 0.552. The molecule has 0 radical (unpaired) electrons. The summed E-state index contributed by atoms with van der Waals surface area (Å²) in [5.41, 5.74) is 5.85. The molecule has 5 nitrogen and oxygen atoms in total. The summed E-state index contributed by atoms with van der Waals surface area (Å²) in [6.45, 7) is 20.4. The van der Waals surface area contributed by atoms with Gasteiger partial charge in [0.15, 0.2) is 0 Å². The Bertz CT molecular complexity index is 1110. The Labute approximate surface area is 212 Å². The first kappa shape index (κ1) is 29.1. The molecular formula is C29H43NO4S. The Hall–Kier alpha value is -2.18. The number of anilines is 1. The zero-order valence-electron chi connectivity index (χ0n) is 23.0. The molecule has 194 valence electrons. The lowest BCUT2D eigenvalue weighted by Crippen LogP contribution is -2.39. The van der Waals surface area contributed by atoms with Crippen LogP contribution < -0.4 is 4.31 Å². The van der Waals surface area contributed by atoms with Crippen molar-refractivity contribution in [2.75, 3.05) is 4.31 Å². The van der Waals surface area contributed by atoms with Gasteiger partial charge in [-0.1, -0.05) is 99.6 Å². The summed E-state index contributed by atoms with van der Waals surface area (Å²) in [6, 6.07) is 9.81. The van der Waals surface area contributed by atoms with Crippen LogP contribution in [0.2, 0.25) is 0 Å². The van der Waals surface area contributed by atoms with E-state index >= 15 is 0 Å². The van der Waals surface area contributed by atoms with Crippen molar-refractivity contribution in [1.29, 1.82) is 0 Å². The highest BCUT2D eigenvalue weighted by molar-refractivity contribution is 7.88. The molecule has 0 aliphatic rings. The van der Waals surface area contributed by atoms with Gasteiger partial charge in [-0.25, -0.2) is 0 Å². The van der Waals surface area contributed by atoms with Crippen LogP contribution in [0.1, 0.15) is 132 Å². The van der Waals surface area contributed by atoms with E-state index < -0.39 is 16.2 Å². The fourth-order valence-corrected chi connectivity index (χ4v) is 5.41. The van der Waals surface area contributed by atoms with E-state index in [-0.39, 0.29) is 35.8 Å². The molecule has 0 fully saturated rings. The summed E-state index contributed by atoms with van der Waals surface area (Å²) >= 11 is 0. The number of para-hydroxylation sites is 1. The number of benzene rings is 2. The normalized spacial score (nSPS) is 12.5. The number of hydrogen-bond donors (Lipinski definition) is 1. The standard InChI is InChI=1S/C29H43NO4S/c1-17(2)22-14-25(20(7)8)27(26(15-22)21(9)10)16-28(31)30(35(32,33)34)29-23(18(3)4)12-11-13-24(29)19(5)6/h11-15,17-21H,16H2,1-10H3,(H,32,33,34). The Morgan fingerprint density at radius 3 is 1.46 bits per heavy atom. The molecule has 0 aliphatic carbocycles. The maximum atomic E-state index is 13.9. The second-order valence-electron chi connectivity index (χ2n) is 11.0. The van der Waals surface area contributed by atoms with Crippen LogP contribution in [0.5, 0.6) is 0 Å². The third-order valence-electron chi connectivity index (χ3n) is 6.58. The Balaban J connectivity index is 2.80. The predicted molar refractivity (Wildman–Crippen MR) is 146 cm³/mol. The van der Waals surface area contributed by atoms with Crippen LogP contribution in [-0.2, 0) is 21.5 Å².